The van der Waals surface area contributed by atoms with E-state index in [1.807, 2.05) is 30.3 Å². The van der Waals surface area contributed by atoms with Gasteiger partial charge in [-0.15, -0.1) is 0 Å². The topological polar surface area (TPSA) is 64.6 Å². The summed E-state index contributed by atoms with van der Waals surface area (Å²) in [5.74, 6) is 1.80. The third-order valence-electron chi connectivity index (χ3n) is 4.40. The van der Waals surface area contributed by atoms with Crippen LogP contribution in [0.4, 0.5) is 0 Å². The lowest BCUT2D eigenvalue weighted by Gasteiger charge is -2.26. The molecule has 5 nitrogen and oxygen atoms in total. The third kappa shape index (κ3) is 4.25. The number of hydrogen-bond donors (Lipinski definition) is 1. The van der Waals surface area contributed by atoms with Crippen LogP contribution in [0.5, 0.6) is 11.5 Å². The number of ether oxygens (including phenoxy) is 2. The quantitative estimate of drug-likeness (QED) is 0.845. The lowest BCUT2D eigenvalue weighted by molar-refractivity contribution is 0.0945. The zero-order valence-corrected chi connectivity index (χ0v) is 16.0. The predicted octanol–water partition coefficient (Wildman–Crippen LogP) is 3.00. The summed E-state index contributed by atoms with van der Waals surface area (Å²) < 4.78 is 22.2. The highest BCUT2D eigenvalue weighted by molar-refractivity contribution is 7.83. The molecule has 0 spiro atoms. The van der Waals surface area contributed by atoms with E-state index in [4.69, 9.17) is 9.47 Å². The van der Waals surface area contributed by atoms with Gasteiger partial charge in [0.05, 0.1) is 0 Å². The highest BCUT2D eigenvalue weighted by Crippen LogP contribution is 2.36. The third-order valence-corrected chi connectivity index (χ3v) is 5.14. The number of rotatable bonds is 6. The minimum Gasteiger partial charge on any atom is -0.454 e. The van der Waals surface area contributed by atoms with E-state index in [2.05, 4.69) is 19.2 Å². The molecule has 0 saturated heterocycles. The molecule has 2 aromatic carbocycles. The van der Waals surface area contributed by atoms with E-state index in [9.17, 15) is 9.00 Å². The molecule has 1 atom stereocenters. The Balaban J connectivity index is 1.67. The monoisotopic (exact) mass is 373 g/mol. The lowest BCUT2D eigenvalue weighted by atomic mass is 9.84. The summed E-state index contributed by atoms with van der Waals surface area (Å²) in [4.78, 5) is 12.5. The van der Waals surface area contributed by atoms with E-state index < -0.39 is 10.8 Å². The Morgan fingerprint density at radius 2 is 1.92 bits per heavy atom. The Bertz CT molecular complexity index is 847. The Hall–Kier alpha value is -2.34. The standard InChI is InChI=1S/C20H23NO4S/c1-20(2,16-7-8-17-18(10-16)25-13-24-17)12-21-19(22)15-6-4-5-14(9-15)11-26(3)23/h4-10H,11-13H2,1-3H3,(H,21,22)/t26-/m1/s1. The molecule has 6 heteroatoms. The van der Waals surface area contributed by atoms with Gasteiger partial charge in [-0.2, -0.15) is 0 Å². The van der Waals surface area contributed by atoms with Gasteiger partial charge < -0.3 is 14.8 Å². The van der Waals surface area contributed by atoms with Crippen LogP contribution in [-0.2, 0) is 22.0 Å². The van der Waals surface area contributed by atoms with Crippen molar-refractivity contribution >= 4 is 16.7 Å². The highest BCUT2D eigenvalue weighted by Gasteiger charge is 2.25. The number of amides is 1. The van der Waals surface area contributed by atoms with Gasteiger partial charge in [0.2, 0.25) is 6.79 Å². The van der Waals surface area contributed by atoms with Crippen LogP contribution in [0, 0.1) is 0 Å². The number of benzene rings is 2. The Labute approximate surface area is 156 Å². The van der Waals surface area contributed by atoms with Crippen molar-refractivity contribution in [1.82, 2.24) is 5.32 Å². The summed E-state index contributed by atoms with van der Waals surface area (Å²) in [6, 6.07) is 13.1. The molecule has 0 radical (unpaired) electrons. The molecule has 3 rings (SSSR count). The molecule has 138 valence electrons. The summed E-state index contributed by atoms with van der Waals surface area (Å²) in [5.41, 5.74) is 2.28. The van der Waals surface area contributed by atoms with E-state index in [1.165, 1.54) is 0 Å². The van der Waals surface area contributed by atoms with Gasteiger partial charge in [0.1, 0.15) is 0 Å². The van der Waals surface area contributed by atoms with Crippen LogP contribution in [0.15, 0.2) is 42.5 Å². The summed E-state index contributed by atoms with van der Waals surface area (Å²) in [6.07, 6.45) is 1.65. The van der Waals surface area contributed by atoms with Crippen molar-refractivity contribution in [2.75, 3.05) is 19.6 Å². The molecule has 0 fully saturated rings. The van der Waals surface area contributed by atoms with Crippen molar-refractivity contribution in [3.05, 3.63) is 59.2 Å². The molecule has 2 aromatic rings. The van der Waals surface area contributed by atoms with Crippen LogP contribution in [0.25, 0.3) is 0 Å². The molecule has 1 amide bonds. The second-order valence-corrected chi connectivity index (χ2v) is 8.49. The molecule has 0 unspecified atom stereocenters. The van der Waals surface area contributed by atoms with Crippen LogP contribution >= 0.6 is 0 Å². The van der Waals surface area contributed by atoms with Crippen LogP contribution in [0.3, 0.4) is 0 Å². The number of hydrogen-bond acceptors (Lipinski definition) is 4. The van der Waals surface area contributed by atoms with Gasteiger partial charge >= 0.3 is 0 Å². The molecule has 0 bridgehead atoms. The summed E-state index contributed by atoms with van der Waals surface area (Å²) in [5, 5.41) is 3.00. The first-order valence-electron chi connectivity index (χ1n) is 8.42. The zero-order chi connectivity index (χ0) is 18.7. The molecule has 1 aliphatic rings. The maximum absolute atomic E-state index is 12.5. The van der Waals surface area contributed by atoms with Gasteiger partial charge in [-0.05, 0) is 35.4 Å². The largest absolute Gasteiger partial charge is 0.454 e. The molecule has 0 aromatic heterocycles. The minimum absolute atomic E-state index is 0.137. The fourth-order valence-corrected chi connectivity index (χ4v) is 3.51. The average molecular weight is 373 g/mol. The van der Waals surface area contributed by atoms with Crippen LogP contribution in [0.1, 0.15) is 35.3 Å². The Morgan fingerprint density at radius 3 is 2.69 bits per heavy atom. The molecule has 1 aliphatic heterocycles. The zero-order valence-electron chi connectivity index (χ0n) is 15.2. The molecule has 1 heterocycles. The molecular weight excluding hydrogens is 350 g/mol. The number of carbonyl (C=O) groups excluding carboxylic acids is 1. The van der Waals surface area contributed by atoms with Crippen LogP contribution < -0.4 is 14.8 Å². The van der Waals surface area contributed by atoms with Gasteiger partial charge in [-0.1, -0.05) is 32.0 Å². The maximum Gasteiger partial charge on any atom is 0.251 e. The second-order valence-electron chi connectivity index (χ2n) is 7.05. The Kier molecular flexibility index (Phi) is 5.32. The van der Waals surface area contributed by atoms with Gasteiger partial charge in [0, 0.05) is 40.3 Å². The SMILES string of the molecule is C[S@@](=O)Cc1cccc(C(=O)NCC(C)(C)c2ccc3c(c2)OCO3)c1. The summed E-state index contributed by atoms with van der Waals surface area (Å²) in [6.45, 7) is 4.87. The first-order chi connectivity index (χ1) is 12.3. The van der Waals surface area contributed by atoms with Gasteiger partial charge in [-0.3, -0.25) is 9.00 Å². The molecule has 26 heavy (non-hydrogen) atoms. The first-order valence-corrected chi connectivity index (χ1v) is 10.2. The maximum atomic E-state index is 12.5. The van der Waals surface area contributed by atoms with Crippen molar-refractivity contribution in [3.8, 4) is 11.5 Å². The van der Waals surface area contributed by atoms with Crippen LogP contribution in [-0.4, -0.2) is 29.7 Å². The van der Waals surface area contributed by atoms with Crippen molar-refractivity contribution in [1.29, 1.82) is 0 Å². The number of carbonyl (C=O) groups is 1. The van der Waals surface area contributed by atoms with E-state index in [-0.39, 0.29) is 18.1 Å². The first kappa shape index (κ1) is 18.5. The van der Waals surface area contributed by atoms with Crippen molar-refractivity contribution in [3.63, 3.8) is 0 Å². The molecule has 0 aliphatic carbocycles. The van der Waals surface area contributed by atoms with Gasteiger partial charge in [0.25, 0.3) is 5.91 Å². The summed E-state index contributed by atoms with van der Waals surface area (Å²) >= 11 is 0. The minimum atomic E-state index is -0.935. The predicted molar refractivity (Wildman–Crippen MR) is 102 cm³/mol. The smallest absolute Gasteiger partial charge is 0.251 e. The fourth-order valence-electron chi connectivity index (χ4n) is 2.86. The van der Waals surface area contributed by atoms with E-state index in [1.54, 1.807) is 18.4 Å². The van der Waals surface area contributed by atoms with Crippen molar-refractivity contribution < 1.29 is 18.5 Å². The van der Waals surface area contributed by atoms with Gasteiger partial charge in [-0.25, -0.2) is 0 Å². The molecule has 0 saturated carbocycles. The van der Waals surface area contributed by atoms with E-state index in [0.717, 1.165) is 22.6 Å². The number of nitrogens with one attached hydrogen (secondary N) is 1. The number of fused-ring (bicyclic) bond motifs is 1. The van der Waals surface area contributed by atoms with Crippen molar-refractivity contribution in [2.24, 2.45) is 0 Å². The average Bonchev–Trinajstić information content (AvgIpc) is 3.07. The highest BCUT2D eigenvalue weighted by atomic mass is 32.2. The van der Waals surface area contributed by atoms with Crippen molar-refractivity contribution in [2.45, 2.75) is 25.0 Å². The van der Waals surface area contributed by atoms with E-state index in [0.29, 0.717) is 17.9 Å². The normalized spacial score (nSPS) is 14.1. The fraction of sp³-hybridized carbons (Fsp3) is 0.350. The van der Waals surface area contributed by atoms with Crippen LogP contribution in [0.2, 0.25) is 0 Å². The van der Waals surface area contributed by atoms with E-state index >= 15 is 0 Å². The molecule has 1 N–H and O–H groups in total. The lowest BCUT2D eigenvalue weighted by Crippen LogP contribution is -2.36. The summed E-state index contributed by atoms with van der Waals surface area (Å²) in [7, 11) is -0.935. The Morgan fingerprint density at radius 1 is 1.15 bits per heavy atom. The molecular formula is C20H23NO4S. The van der Waals surface area contributed by atoms with Gasteiger partial charge in [0.15, 0.2) is 11.5 Å². The second kappa shape index (κ2) is 7.50.